The van der Waals surface area contributed by atoms with E-state index in [1.807, 2.05) is 0 Å². The molecule has 1 unspecified atom stereocenters. The average Bonchev–Trinajstić information content (AvgIpc) is 2.58. The number of nitrogen functional groups attached to an aromatic ring is 1. The van der Waals surface area contributed by atoms with Crippen molar-refractivity contribution in [2.45, 2.75) is 18.6 Å². The predicted molar refractivity (Wildman–Crippen MR) is 65.5 cm³/mol. The molecule has 1 saturated heterocycles. The van der Waals surface area contributed by atoms with E-state index in [1.54, 1.807) is 11.0 Å². The minimum Gasteiger partial charge on any atom is -0.384 e. The molecule has 1 fully saturated rings. The summed E-state index contributed by atoms with van der Waals surface area (Å²) >= 11 is 1.19. The summed E-state index contributed by atoms with van der Waals surface area (Å²) in [6, 6.07) is 1.55. The average molecular weight is 252 g/mol. The maximum atomic E-state index is 11.8. The number of amides is 1. The molecule has 90 valence electrons. The van der Waals surface area contributed by atoms with Crippen LogP contribution in [0.1, 0.15) is 13.3 Å². The van der Waals surface area contributed by atoms with Crippen LogP contribution >= 0.6 is 11.8 Å². The molecule has 0 aliphatic carbocycles. The summed E-state index contributed by atoms with van der Waals surface area (Å²) in [6.07, 6.45) is 1.68. The highest BCUT2D eigenvalue weighted by Crippen LogP contribution is 2.27. The van der Waals surface area contributed by atoms with E-state index in [0.29, 0.717) is 24.6 Å². The number of carbonyl (C=O) groups excluding carboxylic acids is 2. The first-order chi connectivity index (χ1) is 8.06. The van der Waals surface area contributed by atoms with Crippen molar-refractivity contribution in [2.24, 2.45) is 0 Å². The van der Waals surface area contributed by atoms with E-state index >= 15 is 0 Å². The highest BCUT2D eigenvalue weighted by Gasteiger charge is 2.32. The zero-order valence-corrected chi connectivity index (χ0v) is 10.1. The maximum Gasteiger partial charge on any atom is 0.229 e. The summed E-state index contributed by atoms with van der Waals surface area (Å²) in [5.74, 6) is 0.779. The Balaban J connectivity index is 2.13. The Kier molecular flexibility index (Phi) is 3.28. The third kappa shape index (κ3) is 2.73. The van der Waals surface area contributed by atoms with Crippen LogP contribution in [0.15, 0.2) is 12.4 Å². The van der Waals surface area contributed by atoms with Gasteiger partial charge in [-0.1, -0.05) is 11.8 Å². The molecule has 2 rings (SSSR count). The lowest BCUT2D eigenvalue weighted by Gasteiger charge is -2.14. The molecule has 0 radical (unpaired) electrons. The van der Waals surface area contributed by atoms with E-state index in [1.165, 1.54) is 25.0 Å². The molecular weight excluding hydrogens is 240 g/mol. The lowest BCUT2D eigenvalue weighted by molar-refractivity contribution is -0.117. The Morgan fingerprint density at radius 1 is 1.59 bits per heavy atom. The van der Waals surface area contributed by atoms with Crippen molar-refractivity contribution in [3.63, 3.8) is 0 Å². The van der Waals surface area contributed by atoms with Crippen LogP contribution in [0.2, 0.25) is 0 Å². The van der Waals surface area contributed by atoms with Gasteiger partial charge in [0.2, 0.25) is 5.91 Å². The minimum atomic E-state index is -0.0400. The number of hydrogen-bond donors (Lipinski definition) is 1. The van der Waals surface area contributed by atoms with Gasteiger partial charge in [-0.2, -0.15) is 0 Å². The standard InChI is InChI=1S/C10H12N4O2S/c1-6(15)17-7-2-10(16)14(4-7)9-3-8(11)12-5-13-9/h3,5,7H,2,4H2,1H3,(H2,11,12,13). The zero-order chi connectivity index (χ0) is 12.4. The number of rotatable bonds is 2. The molecule has 0 aromatic carbocycles. The number of anilines is 2. The van der Waals surface area contributed by atoms with Gasteiger partial charge >= 0.3 is 0 Å². The molecule has 1 aliphatic rings. The smallest absolute Gasteiger partial charge is 0.229 e. The summed E-state index contributed by atoms with van der Waals surface area (Å²) in [5, 5.41) is 0.0167. The number of nitrogens with zero attached hydrogens (tertiary/aromatic N) is 3. The first kappa shape index (κ1) is 11.8. The van der Waals surface area contributed by atoms with Gasteiger partial charge in [-0.05, 0) is 0 Å². The van der Waals surface area contributed by atoms with Gasteiger partial charge in [0, 0.05) is 31.2 Å². The second-order valence-corrected chi connectivity index (χ2v) is 5.22. The van der Waals surface area contributed by atoms with Crippen LogP contribution < -0.4 is 10.6 Å². The summed E-state index contributed by atoms with van der Waals surface area (Å²) in [5.41, 5.74) is 5.54. The topological polar surface area (TPSA) is 89.2 Å². The highest BCUT2D eigenvalue weighted by molar-refractivity contribution is 8.14. The molecule has 1 amide bonds. The van der Waals surface area contributed by atoms with Crippen molar-refractivity contribution < 1.29 is 9.59 Å². The van der Waals surface area contributed by atoms with Crippen molar-refractivity contribution in [3.8, 4) is 0 Å². The van der Waals surface area contributed by atoms with E-state index in [-0.39, 0.29) is 16.3 Å². The molecule has 6 nitrogen and oxygen atoms in total. The first-order valence-electron chi connectivity index (χ1n) is 5.11. The molecule has 1 aromatic rings. The lowest BCUT2D eigenvalue weighted by atomic mass is 10.4. The van der Waals surface area contributed by atoms with Gasteiger partial charge < -0.3 is 5.73 Å². The largest absolute Gasteiger partial charge is 0.384 e. The molecule has 1 atom stereocenters. The Bertz CT molecular complexity index is 465. The zero-order valence-electron chi connectivity index (χ0n) is 9.29. The van der Waals surface area contributed by atoms with Gasteiger partial charge in [0.15, 0.2) is 5.12 Å². The molecule has 17 heavy (non-hydrogen) atoms. The predicted octanol–water partition coefficient (Wildman–Crippen LogP) is 0.444. The van der Waals surface area contributed by atoms with Crippen LogP contribution in [0.25, 0.3) is 0 Å². The fourth-order valence-electron chi connectivity index (χ4n) is 1.72. The normalized spacial score (nSPS) is 19.7. The van der Waals surface area contributed by atoms with Gasteiger partial charge in [-0.15, -0.1) is 0 Å². The second kappa shape index (κ2) is 4.70. The van der Waals surface area contributed by atoms with Crippen molar-refractivity contribution >= 4 is 34.4 Å². The van der Waals surface area contributed by atoms with Gasteiger partial charge in [0.05, 0.1) is 0 Å². The van der Waals surface area contributed by atoms with E-state index in [2.05, 4.69) is 9.97 Å². The quantitative estimate of drug-likeness (QED) is 0.821. The molecule has 1 aliphatic heterocycles. The number of aromatic nitrogens is 2. The monoisotopic (exact) mass is 252 g/mol. The van der Waals surface area contributed by atoms with E-state index in [9.17, 15) is 9.59 Å². The van der Waals surface area contributed by atoms with Crippen LogP contribution in [-0.4, -0.2) is 32.8 Å². The molecule has 7 heteroatoms. The van der Waals surface area contributed by atoms with Gasteiger partial charge in [0.25, 0.3) is 0 Å². The van der Waals surface area contributed by atoms with Crippen LogP contribution in [0.5, 0.6) is 0 Å². The fraction of sp³-hybridized carbons (Fsp3) is 0.400. The van der Waals surface area contributed by atoms with E-state index in [4.69, 9.17) is 5.73 Å². The summed E-state index contributed by atoms with van der Waals surface area (Å²) in [7, 11) is 0. The van der Waals surface area contributed by atoms with E-state index in [0.717, 1.165) is 0 Å². The number of carbonyl (C=O) groups is 2. The van der Waals surface area contributed by atoms with Crippen LogP contribution in [-0.2, 0) is 9.59 Å². The van der Waals surface area contributed by atoms with Crippen LogP contribution in [0.4, 0.5) is 11.6 Å². The molecule has 0 saturated carbocycles. The first-order valence-corrected chi connectivity index (χ1v) is 5.99. The Morgan fingerprint density at radius 2 is 2.35 bits per heavy atom. The molecule has 2 N–H and O–H groups in total. The highest BCUT2D eigenvalue weighted by atomic mass is 32.2. The molecule has 0 spiro atoms. The van der Waals surface area contributed by atoms with Gasteiger partial charge in [0.1, 0.15) is 18.0 Å². The summed E-state index contributed by atoms with van der Waals surface area (Å²) in [4.78, 5) is 32.1. The van der Waals surface area contributed by atoms with Crippen molar-refractivity contribution in [1.29, 1.82) is 0 Å². The minimum absolute atomic E-state index is 0.00353. The van der Waals surface area contributed by atoms with Crippen LogP contribution in [0, 0.1) is 0 Å². The SMILES string of the molecule is CC(=O)SC1CC(=O)N(c2cc(N)ncn2)C1. The van der Waals surface area contributed by atoms with Crippen LogP contribution in [0.3, 0.4) is 0 Å². The van der Waals surface area contributed by atoms with Crippen molar-refractivity contribution in [3.05, 3.63) is 12.4 Å². The Morgan fingerprint density at radius 3 is 3.00 bits per heavy atom. The second-order valence-electron chi connectivity index (χ2n) is 3.74. The lowest BCUT2D eigenvalue weighted by Crippen LogP contribution is -2.26. The van der Waals surface area contributed by atoms with Gasteiger partial charge in [-0.3, -0.25) is 14.5 Å². The number of nitrogens with two attached hydrogens (primary N) is 1. The van der Waals surface area contributed by atoms with E-state index < -0.39 is 0 Å². The Hall–Kier alpha value is -1.63. The summed E-state index contributed by atoms with van der Waals surface area (Å²) < 4.78 is 0. The Labute approximate surface area is 103 Å². The molecular formula is C10H12N4O2S. The molecule has 2 heterocycles. The number of thioether (sulfide) groups is 1. The summed E-state index contributed by atoms with van der Waals surface area (Å²) in [6.45, 7) is 1.99. The van der Waals surface area contributed by atoms with Crippen molar-refractivity contribution in [2.75, 3.05) is 17.2 Å². The fourth-order valence-corrected chi connectivity index (χ4v) is 2.64. The molecule has 1 aromatic heterocycles. The molecule has 0 bridgehead atoms. The van der Waals surface area contributed by atoms with Crippen molar-refractivity contribution in [1.82, 2.24) is 9.97 Å². The third-order valence-electron chi connectivity index (χ3n) is 2.37. The third-order valence-corrected chi connectivity index (χ3v) is 3.35. The maximum absolute atomic E-state index is 11.8. The number of hydrogen-bond acceptors (Lipinski definition) is 6. The van der Waals surface area contributed by atoms with Gasteiger partial charge in [-0.25, -0.2) is 9.97 Å².